The number of aliphatic hydroxyl groups excluding tert-OH is 1. The SMILES string of the molecule is CCOc1cccc(/C(O)=C2/C(=O)C(=O)N(CCCOC)C2c2ccc(C)o2)c1. The Balaban J connectivity index is 2.08. The Hall–Kier alpha value is -3.06. The molecule has 0 radical (unpaired) electrons. The summed E-state index contributed by atoms with van der Waals surface area (Å²) in [4.78, 5) is 27.0. The first-order valence-electron chi connectivity index (χ1n) is 9.54. The highest BCUT2D eigenvalue weighted by molar-refractivity contribution is 6.46. The van der Waals surface area contributed by atoms with Crippen LogP contribution in [0.15, 0.2) is 46.4 Å². The van der Waals surface area contributed by atoms with Gasteiger partial charge in [0.2, 0.25) is 0 Å². The van der Waals surface area contributed by atoms with Gasteiger partial charge in [0.25, 0.3) is 11.7 Å². The second-order valence-corrected chi connectivity index (χ2v) is 6.75. The summed E-state index contributed by atoms with van der Waals surface area (Å²) < 4.78 is 16.3. The van der Waals surface area contributed by atoms with Crippen LogP contribution in [0, 0.1) is 6.92 Å². The molecule has 2 aromatic rings. The minimum atomic E-state index is -0.795. The second-order valence-electron chi connectivity index (χ2n) is 6.75. The lowest BCUT2D eigenvalue weighted by atomic mass is 9.99. The van der Waals surface area contributed by atoms with Crippen molar-refractivity contribution in [2.45, 2.75) is 26.3 Å². The molecule has 0 spiro atoms. The molecular formula is C22H25NO6. The fraction of sp³-hybridized carbons (Fsp3) is 0.364. The first-order valence-corrected chi connectivity index (χ1v) is 9.54. The standard InChI is InChI=1S/C22H25NO6/c1-4-28-16-8-5-7-15(13-16)20(24)18-19(17-10-9-14(2)29-17)23(11-6-12-27-3)22(26)21(18)25/h5,7-10,13,19,24H,4,6,11-12H2,1-3H3/b20-18-. The molecule has 29 heavy (non-hydrogen) atoms. The van der Waals surface area contributed by atoms with Crippen LogP contribution in [0.2, 0.25) is 0 Å². The van der Waals surface area contributed by atoms with Gasteiger partial charge in [0.15, 0.2) is 0 Å². The fourth-order valence-corrected chi connectivity index (χ4v) is 3.44. The van der Waals surface area contributed by atoms with Crippen molar-refractivity contribution in [1.82, 2.24) is 4.90 Å². The third kappa shape index (κ3) is 4.19. The van der Waals surface area contributed by atoms with Crippen LogP contribution in [0.3, 0.4) is 0 Å². The maximum Gasteiger partial charge on any atom is 0.295 e. The van der Waals surface area contributed by atoms with Crippen LogP contribution in [0.1, 0.15) is 36.5 Å². The highest BCUT2D eigenvalue weighted by Crippen LogP contribution is 2.40. The van der Waals surface area contributed by atoms with Crippen molar-refractivity contribution in [3.05, 3.63) is 59.1 Å². The van der Waals surface area contributed by atoms with Crippen LogP contribution in [-0.4, -0.2) is 48.6 Å². The molecule has 0 aliphatic carbocycles. The van der Waals surface area contributed by atoms with Gasteiger partial charge in [-0.2, -0.15) is 0 Å². The predicted molar refractivity (Wildman–Crippen MR) is 107 cm³/mol. The van der Waals surface area contributed by atoms with E-state index in [2.05, 4.69) is 0 Å². The molecule has 1 aromatic carbocycles. The molecule has 1 aliphatic rings. The molecule has 1 aliphatic heterocycles. The van der Waals surface area contributed by atoms with Crippen LogP contribution < -0.4 is 4.74 Å². The topological polar surface area (TPSA) is 89.2 Å². The molecule has 2 heterocycles. The van der Waals surface area contributed by atoms with E-state index in [9.17, 15) is 14.7 Å². The van der Waals surface area contributed by atoms with Crippen molar-refractivity contribution in [3.63, 3.8) is 0 Å². The number of likely N-dealkylation sites (tertiary alicyclic amines) is 1. The number of amides is 1. The maximum absolute atomic E-state index is 12.9. The van der Waals surface area contributed by atoms with E-state index >= 15 is 0 Å². The summed E-state index contributed by atoms with van der Waals surface area (Å²) in [6.45, 7) is 4.87. The molecule has 154 valence electrons. The van der Waals surface area contributed by atoms with Gasteiger partial charge in [0.1, 0.15) is 29.1 Å². The van der Waals surface area contributed by atoms with Gasteiger partial charge < -0.3 is 23.9 Å². The Morgan fingerprint density at radius 1 is 1.24 bits per heavy atom. The van der Waals surface area contributed by atoms with Crippen LogP contribution in [0.4, 0.5) is 0 Å². The molecule has 1 saturated heterocycles. The Morgan fingerprint density at radius 2 is 2.03 bits per heavy atom. The smallest absolute Gasteiger partial charge is 0.295 e. The molecule has 1 atom stereocenters. The first kappa shape index (κ1) is 20.7. The number of furan rings is 1. The lowest BCUT2D eigenvalue weighted by molar-refractivity contribution is -0.140. The van der Waals surface area contributed by atoms with E-state index in [-0.39, 0.29) is 11.3 Å². The molecular weight excluding hydrogens is 374 g/mol. The molecule has 3 rings (SSSR count). The van der Waals surface area contributed by atoms with Gasteiger partial charge in [0, 0.05) is 25.8 Å². The van der Waals surface area contributed by atoms with E-state index in [0.717, 1.165) is 0 Å². The van der Waals surface area contributed by atoms with Crippen molar-refractivity contribution >= 4 is 17.4 Å². The van der Waals surface area contributed by atoms with Gasteiger partial charge in [-0.3, -0.25) is 9.59 Å². The van der Waals surface area contributed by atoms with Crippen molar-refractivity contribution in [2.24, 2.45) is 0 Å². The number of benzene rings is 1. The molecule has 1 aromatic heterocycles. The monoisotopic (exact) mass is 399 g/mol. The number of Topliss-reactive ketones (excluding diaryl/α,β-unsaturated/α-hetero) is 1. The Bertz CT molecular complexity index is 929. The number of aryl methyl sites for hydroxylation is 1. The van der Waals surface area contributed by atoms with Gasteiger partial charge in [-0.05, 0) is 44.5 Å². The van der Waals surface area contributed by atoms with Gasteiger partial charge >= 0.3 is 0 Å². The molecule has 1 fully saturated rings. The number of rotatable bonds is 8. The number of ketones is 1. The van der Waals surface area contributed by atoms with E-state index in [4.69, 9.17) is 13.9 Å². The lowest BCUT2D eigenvalue weighted by Crippen LogP contribution is -2.31. The van der Waals surface area contributed by atoms with Gasteiger partial charge in [-0.15, -0.1) is 0 Å². The van der Waals surface area contributed by atoms with Gasteiger partial charge in [-0.1, -0.05) is 12.1 Å². The number of carbonyl (C=O) groups is 2. The molecule has 0 saturated carbocycles. The number of methoxy groups -OCH3 is 1. The molecule has 1 N–H and O–H groups in total. The summed E-state index contributed by atoms with van der Waals surface area (Å²) in [6, 6.07) is 9.48. The minimum absolute atomic E-state index is 0.00964. The number of hydrogen-bond acceptors (Lipinski definition) is 6. The zero-order valence-corrected chi connectivity index (χ0v) is 16.8. The predicted octanol–water partition coefficient (Wildman–Crippen LogP) is 3.44. The zero-order valence-electron chi connectivity index (χ0n) is 16.8. The second kappa shape index (κ2) is 8.96. The average molecular weight is 399 g/mol. The van der Waals surface area contributed by atoms with E-state index < -0.39 is 17.7 Å². The number of aliphatic hydroxyl groups is 1. The largest absolute Gasteiger partial charge is 0.507 e. The Kier molecular flexibility index (Phi) is 6.39. The Morgan fingerprint density at radius 3 is 2.69 bits per heavy atom. The zero-order chi connectivity index (χ0) is 21.0. The van der Waals surface area contributed by atoms with Crippen molar-refractivity contribution in [3.8, 4) is 5.75 Å². The van der Waals surface area contributed by atoms with Crippen molar-refractivity contribution in [1.29, 1.82) is 0 Å². The van der Waals surface area contributed by atoms with E-state index in [1.54, 1.807) is 50.4 Å². The first-order chi connectivity index (χ1) is 14.0. The normalized spacial score (nSPS) is 18.4. The number of nitrogens with zero attached hydrogens (tertiary/aromatic N) is 1. The summed E-state index contributed by atoms with van der Waals surface area (Å²) in [6.07, 6.45) is 0.555. The van der Waals surface area contributed by atoms with Crippen LogP contribution in [-0.2, 0) is 14.3 Å². The summed E-state index contributed by atoms with van der Waals surface area (Å²) >= 11 is 0. The summed E-state index contributed by atoms with van der Waals surface area (Å²) in [7, 11) is 1.58. The molecule has 1 unspecified atom stereocenters. The molecule has 1 amide bonds. The average Bonchev–Trinajstić information content (AvgIpc) is 3.24. The lowest BCUT2D eigenvalue weighted by Gasteiger charge is -2.23. The minimum Gasteiger partial charge on any atom is -0.507 e. The van der Waals surface area contributed by atoms with Crippen LogP contribution in [0.25, 0.3) is 5.76 Å². The fourth-order valence-electron chi connectivity index (χ4n) is 3.44. The van der Waals surface area contributed by atoms with Crippen LogP contribution in [0.5, 0.6) is 5.75 Å². The Labute approximate surface area is 169 Å². The summed E-state index contributed by atoms with van der Waals surface area (Å²) in [5.41, 5.74) is 0.412. The van der Waals surface area contributed by atoms with E-state index in [1.807, 2.05) is 6.92 Å². The van der Waals surface area contributed by atoms with Crippen molar-refractivity contribution in [2.75, 3.05) is 26.9 Å². The summed E-state index contributed by atoms with van der Waals surface area (Å²) in [5.74, 6) is 0.000340. The number of ether oxygens (including phenoxy) is 2. The maximum atomic E-state index is 12.9. The molecule has 7 heteroatoms. The van der Waals surface area contributed by atoms with Gasteiger partial charge in [-0.25, -0.2) is 0 Å². The van der Waals surface area contributed by atoms with Crippen molar-refractivity contribution < 1.29 is 28.6 Å². The molecule has 7 nitrogen and oxygen atoms in total. The van der Waals surface area contributed by atoms with Crippen LogP contribution >= 0.6 is 0 Å². The number of hydrogen-bond donors (Lipinski definition) is 1. The van der Waals surface area contributed by atoms with E-state index in [0.29, 0.717) is 49.0 Å². The van der Waals surface area contributed by atoms with Gasteiger partial charge in [0.05, 0.1) is 12.2 Å². The summed E-state index contributed by atoms with van der Waals surface area (Å²) in [5, 5.41) is 11.0. The van der Waals surface area contributed by atoms with E-state index in [1.165, 1.54) is 4.90 Å². The molecule has 0 bridgehead atoms. The highest BCUT2D eigenvalue weighted by Gasteiger charge is 2.47. The quantitative estimate of drug-likeness (QED) is 0.317. The highest BCUT2D eigenvalue weighted by atomic mass is 16.5. The third-order valence-corrected chi connectivity index (χ3v) is 4.74. The number of carbonyl (C=O) groups excluding carboxylic acids is 2. The third-order valence-electron chi connectivity index (χ3n) is 4.74.